The van der Waals surface area contributed by atoms with Crippen molar-refractivity contribution in [1.29, 1.82) is 0 Å². The number of rotatable bonds is 2. The van der Waals surface area contributed by atoms with Gasteiger partial charge in [0.05, 0.1) is 0 Å². The van der Waals surface area contributed by atoms with Crippen molar-refractivity contribution in [3.63, 3.8) is 0 Å². The van der Waals surface area contributed by atoms with E-state index in [4.69, 9.17) is 0 Å². The predicted molar refractivity (Wildman–Crippen MR) is 81.5 cm³/mol. The second kappa shape index (κ2) is 8.18. The van der Waals surface area contributed by atoms with Crippen molar-refractivity contribution in [2.24, 2.45) is 11.8 Å². The number of hydrogen-bond acceptors (Lipinski definition) is 1. The van der Waals surface area contributed by atoms with E-state index >= 15 is 0 Å². The zero-order chi connectivity index (χ0) is 13.4. The van der Waals surface area contributed by atoms with Crippen molar-refractivity contribution in [3.8, 4) is 0 Å². The topological polar surface area (TPSA) is 3.24 Å². The van der Waals surface area contributed by atoms with Gasteiger partial charge in [-0.05, 0) is 43.3 Å². The second-order valence-corrected chi connectivity index (χ2v) is 5.23. The highest BCUT2D eigenvalue weighted by Gasteiger charge is 2.21. The summed E-state index contributed by atoms with van der Waals surface area (Å²) in [5.41, 5.74) is 1.40. The summed E-state index contributed by atoms with van der Waals surface area (Å²) in [5.74, 6) is 1.78. The van der Waals surface area contributed by atoms with E-state index in [1.165, 1.54) is 31.6 Å². The molecule has 0 aromatic carbocycles. The fourth-order valence-corrected chi connectivity index (χ4v) is 2.60. The van der Waals surface area contributed by atoms with Gasteiger partial charge in [0.25, 0.3) is 0 Å². The van der Waals surface area contributed by atoms with Crippen molar-refractivity contribution in [1.82, 2.24) is 4.90 Å². The Balaban J connectivity index is 0.000000771. The van der Waals surface area contributed by atoms with Crippen LogP contribution in [0.25, 0.3) is 0 Å². The molecule has 0 atom stereocenters. The van der Waals surface area contributed by atoms with Crippen LogP contribution in [0.15, 0.2) is 36.1 Å². The molecule has 2 aliphatic rings. The van der Waals surface area contributed by atoms with Crippen molar-refractivity contribution >= 4 is 0 Å². The molecule has 0 unspecified atom stereocenters. The van der Waals surface area contributed by atoms with Gasteiger partial charge < -0.3 is 4.90 Å². The van der Waals surface area contributed by atoms with Gasteiger partial charge in [-0.25, -0.2) is 0 Å². The van der Waals surface area contributed by atoms with E-state index in [2.05, 4.69) is 49.1 Å². The van der Waals surface area contributed by atoms with E-state index in [-0.39, 0.29) is 0 Å². The molecule has 1 aliphatic heterocycles. The van der Waals surface area contributed by atoms with Gasteiger partial charge in [-0.3, -0.25) is 0 Å². The summed E-state index contributed by atoms with van der Waals surface area (Å²) in [4.78, 5) is 2.53. The summed E-state index contributed by atoms with van der Waals surface area (Å²) in [6.45, 7) is 11.2. The Morgan fingerprint density at radius 3 is 2.39 bits per heavy atom. The summed E-state index contributed by atoms with van der Waals surface area (Å²) in [7, 11) is 0. The van der Waals surface area contributed by atoms with Crippen LogP contribution < -0.4 is 0 Å². The van der Waals surface area contributed by atoms with Crippen LogP contribution in [0.5, 0.6) is 0 Å². The summed E-state index contributed by atoms with van der Waals surface area (Å²) in [6, 6.07) is 0. The lowest BCUT2D eigenvalue weighted by molar-refractivity contribution is 0.194. The molecule has 0 spiro atoms. The van der Waals surface area contributed by atoms with Gasteiger partial charge in [-0.1, -0.05) is 45.9 Å². The van der Waals surface area contributed by atoms with E-state index in [1.807, 2.05) is 13.8 Å². The molecule has 102 valence electrons. The molecule has 0 saturated carbocycles. The average molecular weight is 247 g/mol. The average Bonchev–Trinajstić information content (AvgIpc) is 2.70. The first-order valence-corrected chi connectivity index (χ1v) is 7.55. The number of nitrogens with zero attached hydrogens (tertiary/aromatic N) is 1. The predicted octanol–water partition coefficient (Wildman–Crippen LogP) is 4.78. The molecule has 0 aromatic rings. The molecular formula is C17H29N. The van der Waals surface area contributed by atoms with E-state index in [1.54, 1.807) is 0 Å². The van der Waals surface area contributed by atoms with Gasteiger partial charge in [-0.15, -0.1) is 0 Å². The summed E-state index contributed by atoms with van der Waals surface area (Å²) >= 11 is 0. The highest BCUT2D eigenvalue weighted by atomic mass is 15.1. The minimum atomic E-state index is 0.848. The maximum absolute atomic E-state index is 2.53. The van der Waals surface area contributed by atoms with Crippen LogP contribution in [0, 0.1) is 11.8 Å². The van der Waals surface area contributed by atoms with Crippen molar-refractivity contribution in [3.05, 3.63) is 36.1 Å². The molecule has 2 rings (SSSR count). The first-order valence-electron chi connectivity index (χ1n) is 7.55. The zero-order valence-corrected chi connectivity index (χ0v) is 12.5. The quantitative estimate of drug-likeness (QED) is 0.678. The Morgan fingerprint density at radius 2 is 1.78 bits per heavy atom. The molecule has 1 fully saturated rings. The monoisotopic (exact) mass is 247 g/mol. The number of piperidine rings is 1. The second-order valence-electron chi connectivity index (χ2n) is 5.23. The van der Waals surface area contributed by atoms with Crippen LogP contribution in [-0.4, -0.2) is 18.0 Å². The van der Waals surface area contributed by atoms with E-state index in [0.717, 1.165) is 18.3 Å². The molecule has 1 aliphatic carbocycles. The largest absolute Gasteiger partial charge is 0.372 e. The SMILES string of the molecule is CC.CC(C)C1CCN(C2=CC=CCC=C2)CC1. The molecule has 1 nitrogen and oxygen atoms in total. The molecule has 1 heterocycles. The Kier molecular flexibility index (Phi) is 6.85. The maximum Gasteiger partial charge on any atom is 0.0362 e. The summed E-state index contributed by atoms with van der Waals surface area (Å²) < 4.78 is 0. The fourth-order valence-electron chi connectivity index (χ4n) is 2.60. The van der Waals surface area contributed by atoms with E-state index in [9.17, 15) is 0 Å². The smallest absolute Gasteiger partial charge is 0.0362 e. The lowest BCUT2D eigenvalue weighted by Crippen LogP contribution is -2.34. The Labute approximate surface area is 113 Å². The third kappa shape index (κ3) is 4.36. The molecule has 0 radical (unpaired) electrons. The molecule has 0 bridgehead atoms. The van der Waals surface area contributed by atoms with Crippen LogP contribution in [0.1, 0.15) is 47.0 Å². The van der Waals surface area contributed by atoms with E-state index < -0.39 is 0 Å². The minimum Gasteiger partial charge on any atom is -0.372 e. The molecular weight excluding hydrogens is 218 g/mol. The Morgan fingerprint density at radius 1 is 1.11 bits per heavy atom. The van der Waals surface area contributed by atoms with Gasteiger partial charge >= 0.3 is 0 Å². The fraction of sp³-hybridized carbons (Fsp3) is 0.647. The highest BCUT2D eigenvalue weighted by molar-refractivity contribution is 5.26. The van der Waals surface area contributed by atoms with Crippen LogP contribution in [-0.2, 0) is 0 Å². The summed E-state index contributed by atoms with van der Waals surface area (Å²) in [6.07, 6.45) is 15.0. The Bertz CT molecular complexity index is 302. The third-order valence-electron chi connectivity index (χ3n) is 3.81. The van der Waals surface area contributed by atoms with Crippen LogP contribution >= 0.6 is 0 Å². The molecule has 0 aromatic heterocycles. The van der Waals surface area contributed by atoms with Gasteiger partial charge in [-0.2, -0.15) is 0 Å². The number of likely N-dealkylation sites (tertiary alicyclic amines) is 1. The lowest BCUT2D eigenvalue weighted by Gasteiger charge is -2.35. The first kappa shape index (κ1) is 15.1. The third-order valence-corrected chi connectivity index (χ3v) is 3.81. The van der Waals surface area contributed by atoms with E-state index in [0.29, 0.717) is 0 Å². The maximum atomic E-state index is 2.53. The Hall–Kier alpha value is -0.980. The van der Waals surface area contributed by atoms with Gasteiger partial charge in [0.15, 0.2) is 0 Å². The van der Waals surface area contributed by atoms with Crippen LogP contribution in [0.3, 0.4) is 0 Å². The standard InChI is InChI=1S/C15H23N.C2H6/c1-13(2)14-9-11-16(12-10-14)15-7-5-3-4-6-8-15;1-2/h3,5-8,13-14H,4,9-12H2,1-2H3;1-2H3. The van der Waals surface area contributed by atoms with Crippen LogP contribution in [0.4, 0.5) is 0 Å². The molecule has 1 heteroatoms. The molecule has 18 heavy (non-hydrogen) atoms. The van der Waals surface area contributed by atoms with Crippen molar-refractivity contribution in [2.45, 2.75) is 47.0 Å². The molecule has 1 saturated heterocycles. The highest BCUT2D eigenvalue weighted by Crippen LogP contribution is 2.26. The van der Waals surface area contributed by atoms with Crippen molar-refractivity contribution in [2.75, 3.05) is 13.1 Å². The van der Waals surface area contributed by atoms with Crippen LogP contribution in [0.2, 0.25) is 0 Å². The summed E-state index contributed by atoms with van der Waals surface area (Å²) in [5, 5.41) is 0. The lowest BCUT2D eigenvalue weighted by atomic mass is 9.86. The van der Waals surface area contributed by atoms with Gasteiger partial charge in [0, 0.05) is 18.8 Å². The minimum absolute atomic E-state index is 0.848. The van der Waals surface area contributed by atoms with Gasteiger partial charge in [0.2, 0.25) is 0 Å². The molecule has 0 amide bonds. The number of allylic oxidation sites excluding steroid dienone is 5. The molecule has 0 N–H and O–H groups in total. The number of hydrogen-bond donors (Lipinski definition) is 0. The first-order chi connectivity index (χ1) is 8.77. The zero-order valence-electron chi connectivity index (χ0n) is 12.5. The van der Waals surface area contributed by atoms with Gasteiger partial charge in [0.1, 0.15) is 0 Å². The van der Waals surface area contributed by atoms with Crippen molar-refractivity contribution < 1.29 is 0 Å². The normalized spacial score (nSPS) is 20.3.